The molecule has 0 aliphatic carbocycles. The zero-order chi connectivity index (χ0) is 11.8. The number of rotatable bonds is 7. The van der Waals surface area contributed by atoms with E-state index < -0.39 is 0 Å². The summed E-state index contributed by atoms with van der Waals surface area (Å²) in [5.41, 5.74) is 1.37. The highest BCUT2D eigenvalue weighted by atomic mass is 16.5. The fourth-order valence-corrected chi connectivity index (χ4v) is 1.90. The summed E-state index contributed by atoms with van der Waals surface area (Å²) >= 11 is 0. The molecule has 0 saturated carbocycles. The van der Waals surface area contributed by atoms with Crippen molar-refractivity contribution in [2.45, 2.75) is 32.3 Å². The van der Waals surface area contributed by atoms with Gasteiger partial charge >= 0.3 is 0 Å². The van der Waals surface area contributed by atoms with Crippen molar-refractivity contribution in [3.63, 3.8) is 0 Å². The first kappa shape index (κ1) is 13.2. The van der Waals surface area contributed by atoms with Gasteiger partial charge in [-0.05, 0) is 30.7 Å². The molecule has 90 valence electrons. The quantitative estimate of drug-likeness (QED) is 0.768. The van der Waals surface area contributed by atoms with Gasteiger partial charge in [0, 0.05) is 7.11 Å². The number of aryl methyl sites for hydroxylation is 1. The summed E-state index contributed by atoms with van der Waals surface area (Å²) < 4.78 is 4.92. The van der Waals surface area contributed by atoms with E-state index in [0.29, 0.717) is 12.5 Å². The first-order valence-corrected chi connectivity index (χ1v) is 5.93. The third kappa shape index (κ3) is 5.29. The van der Waals surface area contributed by atoms with Gasteiger partial charge in [0.25, 0.3) is 0 Å². The van der Waals surface area contributed by atoms with E-state index in [-0.39, 0.29) is 6.10 Å². The molecule has 1 aromatic carbocycles. The molecule has 2 nitrogen and oxygen atoms in total. The fourth-order valence-electron chi connectivity index (χ4n) is 1.90. The van der Waals surface area contributed by atoms with Gasteiger partial charge in [-0.25, -0.2) is 0 Å². The summed E-state index contributed by atoms with van der Waals surface area (Å²) in [6.07, 6.45) is 2.70. The van der Waals surface area contributed by atoms with Crippen LogP contribution in [0.5, 0.6) is 0 Å². The summed E-state index contributed by atoms with van der Waals surface area (Å²) in [7, 11) is 1.62. The maximum atomic E-state index is 9.59. The van der Waals surface area contributed by atoms with Crippen molar-refractivity contribution < 1.29 is 9.84 Å². The highest BCUT2D eigenvalue weighted by Crippen LogP contribution is 2.14. The molecule has 0 spiro atoms. The van der Waals surface area contributed by atoms with Crippen LogP contribution in [0.2, 0.25) is 0 Å². The van der Waals surface area contributed by atoms with Gasteiger partial charge < -0.3 is 9.84 Å². The number of aliphatic hydroxyl groups excluding tert-OH is 1. The van der Waals surface area contributed by atoms with Crippen LogP contribution in [0.3, 0.4) is 0 Å². The molecule has 0 radical (unpaired) electrons. The van der Waals surface area contributed by atoms with Crippen molar-refractivity contribution in [3.8, 4) is 0 Å². The van der Waals surface area contributed by atoms with Crippen LogP contribution in [0.15, 0.2) is 30.3 Å². The van der Waals surface area contributed by atoms with Crippen LogP contribution in [0.4, 0.5) is 0 Å². The molecule has 0 aromatic heterocycles. The van der Waals surface area contributed by atoms with Gasteiger partial charge in [0.1, 0.15) is 0 Å². The SMILES string of the molecule is COCC(O)CC(C)CCc1ccccc1. The fraction of sp³-hybridized carbons (Fsp3) is 0.571. The van der Waals surface area contributed by atoms with E-state index in [1.165, 1.54) is 5.56 Å². The Morgan fingerprint density at radius 2 is 1.94 bits per heavy atom. The number of hydrogen-bond acceptors (Lipinski definition) is 2. The number of ether oxygens (including phenoxy) is 1. The number of methoxy groups -OCH3 is 1. The molecule has 2 heteroatoms. The second kappa shape index (κ2) is 7.42. The second-order valence-corrected chi connectivity index (χ2v) is 4.47. The van der Waals surface area contributed by atoms with Crippen LogP contribution in [0.25, 0.3) is 0 Å². The standard InChI is InChI=1S/C14H22O2/c1-12(10-14(15)11-16-2)8-9-13-6-4-3-5-7-13/h3-7,12,14-15H,8-11H2,1-2H3. The van der Waals surface area contributed by atoms with Crippen molar-refractivity contribution in [2.24, 2.45) is 5.92 Å². The first-order valence-electron chi connectivity index (χ1n) is 5.93. The van der Waals surface area contributed by atoms with Crippen molar-refractivity contribution in [3.05, 3.63) is 35.9 Å². The lowest BCUT2D eigenvalue weighted by molar-refractivity contribution is 0.0491. The minimum atomic E-state index is -0.323. The third-order valence-electron chi connectivity index (χ3n) is 2.80. The van der Waals surface area contributed by atoms with Crippen LogP contribution in [0, 0.1) is 5.92 Å². The zero-order valence-corrected chi connectivity index (χ0v) is 10.2. The molecule has 0 heterocycles. The van der Waals surface area contributed by atoms with E-state index in [0.717, 1.165) is 19.3 Å². The van der Waals surface area contributed by atoms with E-state index in [9.17, 15) is 5.11 Å². The third-order valence-corrected chi connectivity index (χ3v) is 2.80. The Kier molecular flexibility index (Phi) is 6.12. The Hall–Kier alpha value is -0.860. The Morgan fingerprint density at radius 1 is 1.25 bits per heavy atom. The molecule has 0 amide bonds. The van der Waals surface area contributed by atoms with Crippen molar-refractivity contribution in [2.75, 3.05) is 13.7 Å². The van der Waals surface area contributed by atoms with Crippen molar-refractivity contribution in [1.29, 1.82) is 0 Å². The Morgan fingerprint density at radius 3 is 2.56 bits per heavy atom. The summed E-state index contributed by atoms with van der Waals surface area (Å²) in [6, 6.07) is 10.5. The van der Waals surface area contributed by atoms with Gasteiger partial charge in [-0.1, -0.05) is 37.3 Å². The second-order valence-electron chi connectivity index (χ2n) is 4.47. The van der Waals surface area contributed by atoms with Crippen molar-refractivity contribution >= 4 is 0 Å². The summed E-state index contributed by atoms with van der Waals surface area (Å²) in [5, 5.41) is 9.59. The Bertz CT molecular complexity index is 271. The minimum absolute atomic E-state index is 0.323. The lowest BCUT2D eigenvalue weighted by Crippen LogP contribution is -2.17. The molecule has 0 fully saturated rings. The molecular formula is C14H22O2. The molecule has 0 saturated heterocycles. The highest BCUT2D eigenvalue weighted by molar-refractivity contribution is 5.14. The maximum absolute atomic E-state index is 9.59. The molecule has 0 aliphatic heterocycles. The molecular weight excluding hydrogens is 200 g/mol. The van der Waals surface area contributed by atoms with Gasteiger partial charge in [-0.15, -0.1) is 0 Å². The molecule has 16 heavy (non-hydrogen) atoms. The van der Waals surface area contributed by atoms with E-state index in [4.69, 9.17) is 4.74 Å². The Balaban J connectivity index is 2.22. The first-order chi connectivity index (χ1) is 7.72. The van der Waals surface area contributed by atoms with Crippen LogP contribution >= 0.6 is 0 Å². The highest BCUT2D eigenvalue weighted by Gasteiger charge is 2.09. The summed E-state index contributed by atoms with van der Waals surface area (Å²) in [4.78, 5) is 0. The number of aliphatic hydroxyl groups is 1. The lowest BCUT2D eigenvalue weighted by Gasteiger charge is -2.15. The maximum Gasteiger partial charge on any atom is 0.0776 e. The zero-order valence-electron chi connectivity index (χ0n) is 10.2. The van der Waals surface area contributed by atoms with E-state index >= 15 is 0 Å². The van der Waals surface area contributed by atoms with Gasteiger partial charge in [0.2, 0.25) is 0 Å². The molecule has 2 atom stereocenters. The van der Waals surface area contributed by atoms with Crippen LogP contribution < -0.4 is 0 Å². The smallest absolute Gasteiger partial charge is 0.0776 e. The monoisotopic (exact) mass is 222 g/mol. The van der Waals surface area contributed by atoms with Crippen LogP contribution in [-0.2, 0) is 11.2 Å². The normalized spacial score (nSPS) is 14.7. The van der Waals surface area contributed by atoms with Crippen molar-refractivity contribution in [1.82, 2.24) is 0 Å². The number of hydrogen-bond donors (Lipinski definition) is 1. The lowest BCUT2D eigenvalue weighted by atomic mass is 9.96. The molecule has 0 bridgehead atoms. The van der Waals surface area contributed by atoms with Gasteiger partial charge in [-0.3, -0.25) is 0 Å². The van der Waals surface area contributed by atoms with E-state index in [1.807, 2.05) is 6.07 Å². The molecule has 1 aromatic rings. The molecule has 1 N–H and O–H groups in total. The molecule has 0 aliphatic rings. The Labute approximate surface area is 98.3 Å². The van der Waals surface area contributed by atoms with E-state index in [2.05, 4.69) is 31.2 Å². The average molecular weight is 222 g/mol. The largest absolute Gasteiger partial charge is 0.391 e. The van der Waals surface area contributed by atoms with Gasteiger partial charge in [0.15, 0.2) is 0 Å². The predicted molar refractivity (Wildman–Crippen MR) is 66.4 cm³/mol. The predicted octanol–water partition coefficient (Wildman–Crippen LogP) is 2.65. The summed E-state index contributed by atoms with van der Waals surface area (Å²) in [5.74, 6) is 0.533. The molecule has 2 unspecified atom stereocenters. The van der Waals surface area contributed by atoms with Gasteiger partial charge in [-0.2, -0.15) is 0 Å². The number of benzene rings is 1. The van der Waals surface area contributed by atoms with E-state index in [1.54, 1.807) is 7.11 Å². The average Bonchev–Trinajstić information content (AvgIpc) is 2.28. The topological polar surface area (TPSA) is 29.5 Å². The van der Waals surface area contributed by atoms with Crippen LogP contribution in [0.1, 0.15) is 25.3 Å². The summed E-state index contributed by atoms with van der Waals surface area (Å²) in [6.45, 7) is 2.62. The van der Waals surface area contributed by atoms with Crippen LogP contribution in [-0.4, -0.2) is 24.9 Å². The minimum Gasteiger partial charge on any atom is -0.391 e. The molecule has 1 rings (SSSR count). The van der Waals surface area contributed by atoms with Gasteiger partial charge in [0.05, 0.1) is 12.7 Å².